The number of nitrogens with zero attached hydrogens (tertiary/aromatic N) is 1. The normalized spacial score (nSPS) is 28.9. The fraction of sp³-hybridized carbons (Fsp3) is 0.824. The number of hydrogen-bond acceptors (Lipinski definition) is 4. The number of carbonyl (C=O) groups is 3. The molecule has 24 heavy (non-hydrogen) atoms. The Morgan fingerprint density at radius 1 is 1.21 bits per heavy atom. The van der Waals surface area contributed by atoms with E-state index in [0.29, 0.717) is 19.3 Å². The van der Waals surface area contributed by atoms with Crippen LogP contribution in [-0.4, -0.2) is 57.1 Å². The maximum atomic E-state index is 12.9. The molecule has 5 atom stereocenters. The van der Waals surface area contributed by atoms with Crippen molar-refractivity contribution in [2.24, 2.45) is 5.92 Å². The molecule has 1 aliphatic carbocycles. The van der Waals surface area contributed by atoms with Gasteiger partial charge in [0.1, 0.15) is 12.1 Å². The predicted molar refractivity (Wildman–Crippen MR) is 87.6 cm³/mol. The van der Waals surface area contributed by atoms with Gasteiger partial charge < -0.3 is 15.1 Å². The van der Waals surface area contributed by atoms with Crippen molar-refractivity contribution < 1.29 is 24.6 Å². The van der Waals surface area contributed by atoms with Gasteiger partial charge in [0.05, 0.1) is 6.04 Å². The average molecular weight is 340 g/mol. The van der Waals surface area contributed by atoms with E-state index in [0.717, 1.165) is 25.7 Å². The van der Waals surface area contributed by atoms with Crippen molar-refractivity contribution in [1.29, 1.82) is 0 Å². The molecule has 136 valence electrons. The lowest BCUT2D eigenvalue weighted by atomic mass is 9.84. The number of likely N-dealkylation sites (tertiary alicyclic amines) is 1. The lowest BCUT2D eigenvalue weighted by molar-refractivity contribution is -0.151. The minimum absolute atomic E-state index is 0.0222. The summed E-state index contributed by atoms with van der Waals surface area (Å²) in [5.41, 5.74) is 0. The van der Waals surface area contributed by atoms with Gasteiger partial charge in [0.2, 0.25) is 5.91 Å². The second kappa shape index (κ2) is 7.96. The Kier molecular flexibility index (Phi) is 6.21. The van der Waals surface area contributed by atoms with Crippen molar-refractivity contribution in [3.05, 3.63) is 0 Å². The number of aliphatic carboxylic acids is 2. The number of hydrogen-bond donors (Lipinski definition) is 3. The fourth-order valence-electron chi connectivity index (χ4n) is 4.16. The molecule has 7 nitrogen and oxygen atoms in total. The molecule has 1 saturated heterocycles. The van der Waals surface area contributed by atoms with Gasteiger partial charge in [-0.15, -0.1) is 0 Å². The van der Waals surface area contributed by atoms with Gasteiger partial charge in [-0.25, -0.2) is 4.79 Å². The number of fused-ring (bicyclic) bond motifs is 1. The molecular weight excluding hydrogens is 312 g/mol. The standard InChI is InChI=1S/C17H28N2O5/c1-3-6-12(16(21)22)18-10(2)15(20)19-13-8-5-4-7-11(13)9-14(19)17(23)24/h10-14,18H,3-9H2,1-2H3,(H,21,22)(H,23,24)/t10-,11-,12+,13+,14+/m1/s1. The van der Waals surface area contributed by atoms with E-state index in [1.165, 1.54) is 4.90 Å². The monoisotopic (exact) mass is 340 g/mol. The minimum Gasteiger partial charge on any atom is -0.480 e. The van der Waals surface area contributed by atoms with Gasteiger partial charge >= 0.3 is 11.9 Å². The molecular formula is C17H28N2O5. The maximum Gasteiger partial charge on any atom is 0.326 e. The van der Waals surface area contributed by atoms with Crippen LogP contribution in [0.5, 0.6) is 0 Å². The van der Waals surface area contributed by atoms with E-state index in [2.05, 4.69) is 5.32 Å². The molecule has 0 aromatic rings. The van der Waals surface area contributed by atoms with Gasteiger partial charge in [0.25, 0.3) is 0 Å². The third kappa shape index (κ3) is 3.88. The highest BCUT2D eigenvalue weighted by Crippen LogP contribution is 2.40. The second-order valence-corrected chi connectivity index (χ2v) is 7.01. The predicted octanol–water partition coefficient (Wildman–Crippen LogP) is 1.46. The van der Waals surface area contributed by atoms with Crippen molar-refractivity contribution in [2.45, 2.75) is 83.0 Å². The number of carboxylic acid groups (broad SMARTS) is 2. The van der Waals surface area contributed by atoms with E-state index in [4.69, 9.17) is 0 Å². The highest BCUT2D eigenvalue weighted by atomic mass is 16.4. The number of amides is 1. The van der Waals surface area contributed by atoms with Crippen LogP contribution in [0.3, 0.4) is 0 Å². The summed E-state index contributed by atoms with van der Waals surface area (Å²) in [5, 5.41) is 21.6. The van der Waals surface area contributed by atoms with Crippen LogP contribution in [0.15, 0.2) is 0 Å². The van der Waals surface area contributed by atoms with Crippen LogP contribution in [0.4, 0.5) is 0 Å². The van der Waals surface area contributed by atoms with Gasteiger partial charge in [-0.3, -0.25) is 14.9 Å². The summed E-state index contributed by atoms with van der Waals surface area (Å²) in [4.78, 5) is 37.3. The van der Waals surface area contributed by atoms with Crippen LogP contribution < -0.4 is 5.32 Å². The number of rotatable bonds is 7. The summed E-state index contributed by atoms with van der Waals surface area (Å²) < 4.78 is 0. The summed E-state index contributed by atoms with van der Waals surface area (Å²) in [5.74, 6) is -1.99. The molecule has 1 saturated carbocycles. The van der Waals surface area contributed by atoms with E-state index < -0.39 is 30.1 Å². The van der Waals surface area contributed by atoms with Gasteiger partial charge in [0, 0.05) is 6.04 Å². The molecule has 2 fully saturated rings. The average Bonchev–Trinajstić information content (AvgIpc) is 2.93. The number of carbonyl (C=O) groups excluding carboxylic acids is 1. The fourth-order valence-corrected chi connectivity index (χ4v) is 4.16. The molecule has 0 unspecified atom stereocenters. The summed E-state index contributed by atoms with van der Waals surface area (Å²) in [6.07, 6.45) is 5.53. The van der Waals surface area contributed by atoms with Crippen molar-refractivity contribution in [3.8, 4) is 0 Å². The number of carboxylic acids is 2. The molecule has 3 N–H and O–H groups in total. The largest absolute Gasteiger partial charge is 0.480 e. The topological polar surface area (TPSA) is 107 Å². The summed E-state index contributed by atoms with van der Waals surface area (Å²) >= 11 is 0. The lowest BCUT2D eigenvalue weighted by Crippen LogP contribution is -2.55. The Bertz CT molecular complexity index is 495. The Morgan fingerprint density at radius 2 is 1.88 bits per heavy atom. The smallest absolute Gasteiger partial charge is 0.326 e. The molecule has 1 aliphatic heterocycles. The third-order valence-electron chi connectivity index (χ3n) is 5.32. The molecule has 1 heterocycles. The maximum absolute atomic E-state index is 12.9. The van der Waals surface area contributed by atoms with E-state index >= 15 is 0 Å². The molecule has 0 aromatic heterocycles. The van der Waals surface area contributed by atoms with Crippen molar-refractivity contribution in [2.75, 3.05) is 0 Å². The van der Waals surface area contributed by atoms with Crippen LogP contribution in [0.2, 0.25) is 0 Å². The molecule has 0 bridgehead atoms. The van der Waals surface area contributed by atoms with Crippen LogP contribution >= 0.6 is 0 Å². The van der Waals surface area contributed by atoms with Crippen LogP contribution in [0, 0.1) is 5.92 Å². The van der Waals surface area contributed by atoms with E-state index in [-0.39, 0.29) is 17.9 Å². The first kappa shape index (κ1) is 18.7. The van der Waals surface area contributed by atoms with Crippen LogP contribution in [-0.2, 0) is 14.4 Å². The van der Waals surface area contributed by atoms with Crippen molar-refractivity contribution >= 4 is 17.8 Å². The first-order valence-corrected chi connectivity index (χ1v) is 8.90. The SMILES string of the molecule is CCC[C@H](N[C@H](C)C(=O)N1[C@H](C(=O)O)C[C@H]2CCCC[C@@H]21)C(=O)O. The van der Waals surface area contributed by atoms with Crippen LogP contribution in [0.25, 0.3) is 0 Å². The summed E-state index contributed by atoms with van der Waals surface area (Å²) in [6.45, 7) is 3.51. The van der Waals surface area contributed by atoms with Gasteiger partial charge in [-0.2, -0.15) is 0 Å². The Hall–Kier alpha value is -1.63. The summed E-state index contributed by atoms with van der Waals surface area (Å²) in [7, 11) is 0. The first-order valence-electron chi connectivity index (χ1n) is 8.90. The van der Waals surface area contributed by atoms with E-state index in [9.17, 15) is 24.6 Å². The third-order valence-corrected chi connectivity index (χ3v) is 5.32. The molecule has 0 aromatic carbocycles. The quantitative estimate of drug-likeness (QED) is 0.648. The zero-order chi connectivity index (χ0) is 17.9. The van der Waals surface area contributed by atoms with Crippen molar-refractivity contribution in [1.82, 2.24) is 10.2 Å². The van der Waals surface area contributed by atoms with Gasteiger partial charge in [-0.1, -0.05) is 26.2 Å². The van der Waals surface area contributed by atoms with E-state index in [1.807, 2.05) is 6.92 Å². The van der Waals surface area contributed by atoms with Gasteiger partial charge in [0.15, 0.2) is 0 Å². The molecule has 0 radical (unpaired) electrons. The summed E-state index contributed by atoms with van der Waals surface area (Å²) in [6, 6.07) is -2.31. The molecule has 1 amide bonds. The molecule has 0 spiro atoms. The minimum atomic E-state index is -0.983. The zero-order valence-corrected chi connectivity index (χ0v) is 14.4. The second-order valence-electron chi connectivity index (χ2n) is 7.01. The zero-order valence-electron chi connectivity index (χ0n) is 14.4. The van der Waals surface area contributed by atoms with Gasteiger partial charge in [-0.05, 0) is 38.5 Å². The highest BCUT2D eigenvalue weighted by molar-refractivity contribution is 5.88. The Labute approximate surface area is 142 Å². The van der Waals surface area contributed by atoms with Crippen molar-refractivity contribution in [3.63, 3.8) is 0 Å². The Morgan fingerprint density at radius 3 is 2.46 bits per heavy atom. The molecule has 2 aliphatic rings. The molecule has 2 rings (SSSR count). The van der Waals surface area contributed by atoms with Crippen LogP contribution in [0.1, 0.15) is 58.8 Å². The Balaban J connectivity index is 2.12. The molecule has 7 heteroatoms. The highest BCUT2D eigenvalue weighted by Gasteiger charge is 2.48. The first-order chi connectivity index (χ1) is 11.4. The lowest BCUT2D eigenvalue weighted by Gasteiger charge is -2.35. The number of nitrogens with one attached hydrogen (secondary N) is 1. The van der Waals surface area contributed by atoms with E-state index in [1.54, 1.807) is 6.92 Å².